The van der Waals surface area contributed by atoms with Crippen LogP contribution in [0.3, 0.4) is 0 Å². The van der Waals surface area contributed by atoms with Crippen molar-refractivity contribution in [3.63, 3.8) is 0 Å². The Morgan fingerprint density at radius 2 is 1.96 bits per heavy atom. The van der Waals surface area contributed by atoms with Crippen molar-refractivity contribution in [3.05, 3.63) is 59.0 Å². The predicted octanol–water partition coefficient (Wildman–Crippen LogP) is 1.94. The van der Waals surface area contributed by atoms with E-state index >= 15 is 0 Å². The van der Waals surface area contributed by atoms with Crippen molar-refractivity contribution in [1.82, 2.24) is 4.90 Å². The molecule has 2 aliphatic rings. The molecule has 8 heteroatoms. The number of ether oxygens (including phenoxy) is 2. The van der Waals surface area contributed by atoms with E-state index in [9.17, 15) is 19.2 Å². The summed E-state index contributed by atoms with van der Waals surface area (Å²) in [6, 6.07) is 7.44. The molecule has 0 unspecified atom stereocenters. The molecule has 2 aromatic rings. The minimum atomic E-state index is -0.964. The van der Waals surface area contributed by atoms with Crippen molar-refractivity contribution in [2.24, 2.45) is 0 Å². The summed E-state index contributed by atoms with van der Waals surface area (Å²) >= 11 is 0. The highest BCUT2D eigenvalue weighted by Gasteiger charge is 2.38. The molecular weight excluding hydrogens is 354 g/mol. The highest BCUT2D eigenvalue weighted by molar-refractivity contribution is 6.21. The van der Waals surface area contributed by atoms with E-state index in [2.05, 4.69) is 0 Å². The molecule has 1 saturated heterocycles. The number of cyclic esters (lactones) is 1. The fraction of sp³-hybridized carbons (Fsp3) is 0.263. The van der Waals surface area contributed by atoms with E-state index in [1.54, 1.807) is 19.1 Å². The van der Waals surface area contributed by atoms with Crippen molar-refractivity contribution < 1.29 is 33.1 Å². The fourth-order valence-electron chi connectivity index (χ4n) is 3.13. The van der Waals surface area contributed by atoms with E-state index in [-0.39, 0.29) is 35.8 Å². The largest absolute Gasteiger partial charge is 0.467 e. The maximum absolute atomic E-state index is 12.6. The van der Waals surface area contributed by atoms with Gasteiger partial charge < -0.3 is 13.9 Å². The molecule has 0 spiro atoms. The molecule has 0 saturated carbocycles. The predicted molar refractivity (Wildman–Crippen MR) is 88.7 cm³/mol. The lowest BCUT2D eigenvalue weighted by Crippen LogP contribution is -2.28. The van der Waals surface area contributed by atoms with Gasteiger partial charge in [0.25, 0.3) is 11.8 Å². The first-order chi connectivity index (χ1) is 12.9. The zero-order chi connectivity index (χ0) is 19.1. The molecule has 8 nitrogen and oxygen atoms in total. The van der Waals surface area contributed by atoms with Crippen LogP contribution in [0.15, 0.2) is 41.0 Å². The normalized spacial score (nSPS) is 21.4. The molecule has 0 bridgehead atoms. The third-order valence-corrected chi connectivity index (χ3v) is 4.48. The van der Waals surface area contributed by atoms with Crippen LogP contribution in [0.1, 0.15) is 50.2 Å². The average Bonchev–Trinajstić information content (AvgIpc) is 3.32. The summed E-state index contributed by atoms with van der Waals surface area (Å²) < 4.78 is 15.3. The van der Waals surface area contributed by atoms with Crippen LogP contribution in [-0.2, 0) is 20.8 Å². The van der Waals surface area contributed by atoms with Crippen molar-refractivity contribution in [1.29, 1.82) is 0 Å². The van der Waals surface area contributed by atoms with E-state index in [4.69, 9.17) is 13.9 Å². The van der Waals surface area contributed by atoms with Gasteiger partial charge in [-0.25, -0.2) is 9.59 Å². The van der Waals surface area contributed by atoms with Crippen LogP contribution in [0.2, 0.25) is 0 Å². The van der Waals surface area contributed by atoms with Gasteiger partial charge in [0, 0.05) is 6.42 Å². The van der Waals surface area contributed by atoms with Gasteiger partial charge in [-0.1, -0.05) is 0 Å². The molecule has 2 atom stereocenters. The molecule has 2 aliphatic heterocycles. The number of imide groups is 1. The smallest absolute Gasteiger partial charge is 0.347 e. The molecule has 3 heterocycles. The fourth-order valence-corrected chi connectivity index (χ4v) is 3.13. The van der Waals surface area contributed by atoms with E-state index in [0.29, 0.717) is 5.76 Å². The second-order valence-corrected chi connectivity index (χ2v) is 6.41. The Balaban J connectivity index is 1.54. The number of esters is 2. The van der Waals surface area contributed by atoms with Gasteiger partial charge in [0.1, 0.15) is 11.9 Å². The van der Waals surface area contributed by atoms with Crippen LogP contribution in [0.5, 0.6) is 0 Å². The summed E-state index contributed by atoms with van der Waals surface area (Å²) in [7, 11) is 0. The summed E-state index contributed by atoms with van der Waals surface area (Å²) in [5.41, 5.74) is 0.405. The van der Waals surface area contributed by atoms with Gasteiger partial charge in [-0.15, -0.1) is 0 Å². The number of amides is 2. The van der Waals surface area contributed by atoms with Crippen LogP contribution in [0.4, 0.5) is 0 Å². The molecule has 1 aromatic carbocycles. The van der Waals surface area contributed by atoms with Gasteiger partial charge >= 0.3 is 11.9 Å². The third-order valence-electron chi connectivity index (χ3n) is 4.48. The lowest BCUT2D eigenvalue weighted by Gasteiger charge is -2.11. The lowest BCUT2D eigenvalue weighted by atomic mass is 10.1. The van der Waals surface area contributed by atoms with Gasteiger partial charge in [0.2, 0.25) is 6.10 Å². The van der Waals surface area contributed by atoms with Crippen LogP contribution < -0.4 is 0 Å². The lowest BCUT2D eigenvalue weighted by molar-refractivity contribution is -0.147. The Morgan fingerprint density at radius 1 is 1.19 bits per heavy atom. The second-order valence-electron chi connectivity index (χ2n) is 6.41. The highest BCUT2D eigenvalue weighted by atomic mass is 16.6. The molecule has 27 heavy (non-hydrogen) atoms. The second kappa shape index (κ2) is 6.39. The summed E-state index contributed by atoms with van der Waals surface area (Å²) in [5, 5.41) is 0. The average molecular weight is 369 g/mol. The molecule has 2 amide bonds. The minimum absolute atomic E-state index is 0.00489. The first-order valence-electron chi connectivity index (χ1n) is 8.38. The van der Waals surface area contributed by atoms with Crippen molar-refractivity contribution in [2.75, 3.05) is 0 Å². The first kappa shape index (κ1) is 17.0. The Kier molecular flexibility index (Phi) is 4.02. The Hall–Kier alpha value is -3.42. The standard InChI is InChI=1S/C19H15NO7/c1-10-7-15(19(24)26-10)27-18(23)11-4-5-13-14(8-11)17(22)20(16(13)21)9-12-3-2-6-25-12/h2-6,8,10,15H,7,9H2,1H3/t10-,15-/m1/s1. The molecule has 4 rings (SSSR count). The first-order valence-corrected chi connectivity index (χ1v) is 8.38. The quantitative estimate of drug-likeness (QED) is 0.599. The maximum atomic E-state index is 12.6. The Morgan fingerprint density at radius 3 is 2.63 bits per heavy atom. The van der Waals surface area contributed by atoms with Crippen LogP contribution in [0, 0.1) is 0 Å². The number of hydrogen-bond donors (Lipinski definition) is 0. The van der Waals surface area contributed by atoms with Crippen LogP contribution in [-0.4, -0.2) is 40.9 Å². The van der Waals surface area contributed by atoms with Crippen molar-refractivity contribution in [3.8, 4) is 0 Å². The number of fused-ring (bicyclic) bond motifs is 1. The van der Waals surface area contributed by atoms with E-state index < -0.39 is 29.9 Å². The Bertz CT molecular complexity index is 947. The molecule has 138 valence electrons. The summed E-state index contributed by atoms with van der Waals surface area (Å²) in [5.74, 6) is -1.85. The van der Waals surface area contributed by atoms with Gasteiger partial charge in [-0.3, -0.25) is 14.5 Å². The molecule has 1 aromatic heterocycles. The highest BCUT2D eigenvalue weighted by Crippen LogP contribution is 2.27. The maximum Gasteiger partial charge on any atom is 0.347 e. The number of hydrogen-bond acceptors (Lipinski definition) is 7. The topological polar surface area (TPSA) is 103 Å². The summed E-state index contributed by atoms with van der Waals surface area (Å²) in [4.78, 5) is 50.0. The van der Waals surface area contributed by atoms with E-state index in [0.717, 1.165) is 4.90 Å². The number of nitrogens with zero attached hydrogens (tertiary/aromatic N) is 1. The third kappa shape index (κ3) is 2.99. The number of furan rings is 1. The number of rotatable bonds is 4. The number of benzene rings is 1. The van der Waals surface area contributed by atoms with Gasteiger partial charge in [0.15, 0.2) is 0 Å². The van der Waals surface area contributed by atoms with Crippen LogP contribution in [0.25, 0.3) is 0 Å². The van der Waals surface area contributed by atoms with Crippen molar-refractivity contribution >= 4 is 23.8 Å². The van der Waals surface area contributed by atoms with Gasteiger partial charge in [-0.05, 0) is 37.3 Å². The molecule has 0 radical (unpaired) electrons. The van der Waals surface area contributed by atoms with Gasteiger partial charge in [0.05, 0.1) is 29.5 Å². The SMILES string of the molecule is C[C@@H]1C[C@@H](OC(=O)c2ccc3c(c2)C(=O)N(Cc2ccco2)C3=O)C(=O)O1. The minimum Gasteiger partial charge on any atom is -0.467 e. The zero-order valence-electron chi connectivity index (χ0n) is 14.3. The number of carbonyl (C=O) groups excluding carboxylic acids is 4. The molecule has 0 aliphatic carbocycles. The Labute approximate surface area is 153 Å². The number of carbonyl (C=O) groups is 4. The zero-order valence-corrected chi connectivity index (χ0v) is 14.3. The van der Waals surface area contributed by atoms with E-state index in [1.165, 1.54) is 24.5 Å². The summed E-state index contributed by atoms with van der Waals surface area (Å²) in [6.45, 7) is 1.71. The monoisotopic (exact) mass is 369 g/mol. The molecular formula is C19H15NO7. The van der Waals surface area contributed by atoms with Crippen LogP contribution >= 0.6 is 0 Å². The van der Waals surface area contributed by atoms with E-state index in [1.807, 2.05) is 0 Å². The summed E-state index contributed by atoms with van der Waals surface area (Å²) in [6.07, 6.45) is 0.457. The van der Waals surface area contributed by atoms with Gasteiger partial charge in [-0.2, -0.15) is 0 Å². The molecule has 1 fully saturated rings. The van der Waals surface area contributed by atoms with Crippen molar-refractivity contribution in [2.45, 2.75) is 32.1 Å². The molecule has 0 N–H and O–H groups in total.